The molecule has 14 heavy (non-hydrogen) atoms. The van der Waals surface area contributed by atoms with Crippen LogP contribution in [0.3, 0.4) is 0 Å². The smallest absolute Gasteiger partial charge is 0.291 e. The highest BCUT2D eigenvalue weighted by Crippen LogP contribution is 2.45. The van der Waals surface area contributed by atoms with Crippen LogP contribution in [-0.4, -0.2) is 27.9 Å². The summed E-state index contributed by atoms with van der Waals surface area (Å²) in [5, 5.41) is -3.57. The summed E-state index contributed by atoms with van der Waals surface area (Å²) in [4.78, 5) is 0. The molecule has 86 valence electrons. The average Bonchev–Trinajstić information content (AvgIpc) is 2.00. The molecule has 0 aliphatic heterocycles. The van der Waals surface area contributed by atoms with E-state index in [1.807, 2.05) is 0 Å². The molecule has 0 bridgehead atoms. The van der Waals surface area contributed by atoms with Gasteiger partial charge in [-0.1, -0.05) is 0 Å². The largest absolute Gasteiger partial charge is 0.327 e. The molecule has 2 unspecified atom stereocenters. The first-order chi connectivity index (χ1) is 5.98. The lowest BCUT2D eigenvalue weighted by Crippen LogP contribution is -2.56. The number of rotatable bonds is 4. The second kappa shape index (κ2) is 3.77. The standard InChI is InChI=1S/C7H12F4O2S/c1-5(2,8)7(10,11)6(3,9)14(12)13-4/h1-4H3. The molecule has 0 N–H and O–H groups in total. The molecular weight excluding hydrogens is 224 g/mol. The molecular formula is C7H12F4O2S. The van der Waals surface area contributed by atoms with Crippen LogP contribution in [0.1, 0.15) is 20.8 Å². The van der Waals surface area contributed by atoms with Crippen molar-refractivity contribution in [3.63, 3.8) is 0 Å². The van der Waals surface area contributed by atoms with Gasteiger partial charge in [0.05, 0.1) is 7.11 Å². The molecule has 7 heteroatoms. The normalized spacial score (nSPS) is 20.3. The Morgan fingerprint density at radius 2 is 1.43 bits per heavy atom. The van der Waals surface area contributed by atoms with Gasteiger partial charge in [0.1, 0.15) is 0 Å². The highest BCUT2D eigenvalue weighted by Gasteiger charge is 2.65. The fourth-order valence-corrected chi connectivity index (χ4v) is 1.56. The van der Waals surface area contributed by atoms with E-state index in [0.717, 1.165) is 7.11 Å². The molecule has 2 atom stereocenters. The van der Waals surface area contributed by atoms with Gasteiger partial charge in [-0.25, -0.2) is 13.0 Å². The predicted octanol–water partition coefficient (Wildman–Crippen LogP) is 2.37. The van der Waals surface area contributed by atoms with Gasteiger partial charge in [0.2, 0.25) is 0 Å². The minimum atomic E-state index is -4.40. The number of halogens is 4. The lowest BCUT2D eigenvalue weighted by atomic mass is 9.99. The van der Waals surface area contributed by atoms with Crippen molar-refractivity contribution in [2.24, 2.45) is 0 Å². The highest BCUT2D eigenvalue weighted by atomic mass is 32.2. The third-order valence-electron chi connectivity index (χ3n) is 1.77. The summed E-state index contributed by atoms with van der Waals surface area (Å²) in [5.41, 5.74) is -3.12. The maximum Gasteiger partial charge on any atom is 0.327 e. The third-order valence-corrected chi connectivity index (χ3v) is 2.96. The van der Waals surface area contributed by atoms with E-state index in [0.29, 0.717) is 20.8 Å². The second-order valence-corrected chi connectivity index (χ2v) is 4.93. The Labute approximate surface area is 82.3 Å². The first-order valence-electron chi connectivity index (χ1n) is 3.70. The van der Waals surface area contributed by atoms with Gasteiger partial charge in [-0.3, -0.25) is 4.18 Å². The Bertz CT molecular complexity index is 234. The van der Waals surface area contributed by atoms with Crippen LogP contribution in [0, 0.1) is 0 Å². The summed E-state index contributed by atoms with van der Waals surface area (Å²) in [7, 11) is 0.801. The maximum absolute atomic E-state index is 13.3. The minimum Gasteiger partial charge on any atom is -0.291 e. The average molecular weight is 236 g/mol. The third kappa shape index (κ3) is 2.08. The van der Waals surface area contributed by atoms with Gasteiger partial charge in [-0.2, -0.15) is 8.78 Å². The van der Waals surface area contributed by atoms with Gasteiger partial charge >= 0.3 is 5.92 Å². The zero-order valence-electron chi connectivity index (χ0n) is 8.24. The van der Waals surface area contributed by atoms with E-state index in [1.54, 1.807) is 0 Å². The van der Waals surface area contributed by atoms with Gasteiger partial charge in [0.25, 0.3) is 5.00 Å². The maximum atomic E-state index is 13.3. The van der Waals surface area contributed by atoms with Crippen LogP contribution < -0.4 is 0 Å². The fourth-order valence-electron chi connectivity index (χ4n) is 0.792. The Balaban J connectivity index is 5.18. The minimum absolute atomic E-state index is 0.341. The lowest BCUT2D eigenvalue weighted by Gasteiger charge is -2.34. The van der Waals surface area contributed by atoms with E-state index in [4.69, 9.17) is 0 Å². The molecule has 0 fully saturated rings. The van der Waals surface area contributed by atoms with Crippen LogP contribution in [0.4, 0.5) is 17.6 Å². The van der Waals surface area contributed by atoms with Crippen LogP contribution in [-0.2, 0) is 15.3 Å². The molecule has 0 rings (SSSR count). The van der Waals surface area contributed by atoms with Crippen LogP contribution in [0.25, 0.3) is 0 Å². The van der Waals surface area contributed by atoms with E-state index in [1.165, 1.54) is 0 Å². The van der Waals surface area contributed by atoms with Gasteiger partial charge in [-0.05, 0) is 20.8 Å². The van der Waals surface area contributed by atoms with Crippen LogP contribution in [0.2, 0.25) is 0 Å². The molecule has 0 radical (unpaired) electrons. The van der Waals surface area contributed by atoms with Gasteiger partial charge in [-0.15, -0.1) is 0 Å². The quantitative estimate of drug-likeness (QED) is 0.700. The molecule has 0 spiro atoms. The summed E-state index contributed by atoms with van der Waals surface area (Å²) in [6.07, 6.45) is 0. The second-order valence-electron chi connectivity index (χ2n) is 3.37. The van der Waals surface area contributed by atoms with Crippen LogP contribution in [0.5, 0.6) is 0 Å². The summed E-state index contributed by atoms with van der Waals surface area (Å²) in [6.45, 7) is 1.36. The molecule has 0 saturated heterocycles. The van der Waals surface area contributed by atoms with Gasteiger partial charge in [0, 0.05) is 0 Å². The van der Waals surface area contributed by atoms with Gasteiger partial charge in [0.15, 0.2) is 16.7 Å². The first kappa shape index (κ1) is 13.8. The van der Waals surface area contributed by atoms with Crippen LogP contribution >= 0.6 is 0 Å². The Morgan fingerprint density at radius 1 is 1.07 bits per heavy atom. The van der Waals surface area contributed by atoms with Crippen molar-refractivity contribution in [2.45, 2.75) is 37.4 Å². The number of hydrogen-bond acceptors (Lipinski definition) is 2. The molecule has 0 aromatic rings. The highest BCUT2D eigenvalue weighted by molar-refractivity contribution is 7.81. The summed E-state index contributed by atoms with van der Waals surface area (Å²) >= 11 is -2.91. The van der Waals surface area contributed by atoms with E-state index < -0.39 is 27.7 Å². The fraction of sp³-hybridized carbons (Fsp3) is 1.00. The van der Waals surface area contributed by atoms with Crippen molar-refractivity contribution in [3.05, 3.63) is 0 Å². The van der Waals surface area contributed by atoms with Crippen molar-refractivity contribution >= 4 is 11.1 Å². The molecule has 0 aromatic heterocycles. The van der Waals surface area contributed by atoms with Crippen LogP contribution in [0.15, 0.2) is 0 Å². The Morgan fingerprint density at radius 3 is 1.64 bits per heavy atom. The van der Waals surface area contributed by atoms with E-state index in [9.17, 15) is 21.8 Å². The van der Waals surface area contributed by atoms with Crippen molar-refractivity contribution < 1.29 is 26.0 Å². The van der Waals surface area contributed by atoms with E-state index in [2.05, 4.69) is 4.18 Å². The summed E-state index contributed by atoms with van der Waals surface area (Å²) in [6, 6.07) is 0. The SMILES string of the molecule is COS(=O)C(C)(F)C(F)(F)C(C)(C)F. The van der Waals surface area contributed by atoms with Crippen molar-refractivity contribution in [3.8, 4) is 0 Å². The van der Waals surface area contributed by atoms with Crippen molar-refractivity contribution in [2.75, 3.05) is 7.11 Å². The molecule has 0 amide bonds. The predicted molar refractivity (Wildman–Crippen MR) is 44.8 cm³/mol. The monoisotopic (exact) mass is 236 g/mol. The molecule has 2 nitrogen and oxygen atoms in total. The number of hydrogen-bond donors (Lipinski definition) is 0. The lowest BCUT2D eigenvalue weighted by molar-refractivity contribution is -0.176. The Hall–Kier alpha value is -0.170. The first-order valence-corrected chi connectivity index (χ1v) is 4.78. The molecule has 0 aromatic carbocycles. The zero-order chi connectivity index (χ0) is 11.8. The van der Waals surface area contributed by atoms with Gasteiger partial charge < -0.3 is 0 Å². The van der Waals surface area contributed by atoms with Crippen molar-refractivity contribution in [1.82, 2.24) is 0 Å². The molecule has 0 heterocycles. The molecule has 0 saturated carbocycles. The topological polar surface area (TPSA) is 26.3 Å². The molecule has 0 aliphatic carbocycles. The summed E-state index contributed by atoms with van der Waals surface area (Å²) in [5.74, 6) is -4.40. The summed E-state index contributed by atoms with van der Waals surface area (Å²) < 4.78 is 67.3. The molecule has 0 aliphatic rings. The Kier molecular flexibility index (Phi) is 3.72. The zero-order valence-corrected chi connectivity index (χ0v) is 9.05. The van der Waals surface area contributed by atoms with Crippen molar-refractivity contribution in [1.29, 1.82) is 0 Å². The van der Waals surface area contributed by atoms with E-state index >= 15 is 0 Å². The number of alkyl halides is 4. The van der Waals surface area contributed by atoms with E-state index in [-0.39, 0.29) is 0 Å².